The van der Waals surface area contributed by atoms with Crippen LogP contribution in [-0.4, -0.2) is 49.6 Å². The van der Waals surface area contributed by atoms with E-state index in [1.54, 1.807) is 0 Å². The van der Waals surface area contributed by atoms with E-state index in [4.69, 9.17) is 5.11 Å². The summed E-state index contributed by atoms with van der Waals surface area (Å²) in [4.78, 5) is 0. The second-order valence-electron chi connectivity index (χ2n) is 4.28. The lowest BCUT2D eigenvalue weighted by Crippen LogP contribution is -2.53. The quantitative estimate of drug-likeness (QED) is 0.687. The summed E-state index contributed by atoms with van der Waals surface area (Å²) in [5.74, 6) is 0. The molecule has 0 aliphatic carbocycles. The highest BCUT2D eigenvalue weighted by Crippen LogP contribution is 2.45. The van der Waals surface area contributed by atoms with Gasteiger partial charge in [0.15, 0.2) is 4.58 Å². The van der Waals surface area contributed by atoms with Crippen LogP contribution in [-0.2, 0) is 19.7 Å². The van der Waals surface area contributed by atoms with Gasteiger partial charge in [0.05, 0.1) is 6.10 Å². The van der Waals surface area contributed by atoms with Crippen LogP contribution < -0.4 is 0 Å². The molecular weight excluding hydrogens is 392 g/mol. The maximum Gasteiger partial charge on any atom is 0.498 e. The van der Waals surface area contributed by atoms with Crippen LogP contribution in [0.1, 0.15) is 19.8 Å². The summed E-state index contributed by atoms with van der Waals surface area (Å²) in [6, 6.07) is 0. The predicted molar refractivity (Wildman–Crippen MR) is 59.6 cm³/mol. The average Bonchev–Trinajstić information content (AvgIpc) is 2.31. The van der Waals surface area contributed by atoms with Crippen molar-refractivity contribution in [2.24, 2.45) is 0 Å². The number of rotatable bonds is 6. The first-order valence-corrected chi connectivity index (χ1v) is 8.59. The van der Waals surface area contributed by atoms with Crippen molar-refractivity contribution in [3.05, 3.63) is 0 Å². The van der Waals surface area contributed by atoms with Crippen molar-refractivity contribution in [2.75, 3.05) is 0 Å². The molecular formula is C8H10F8O5S2. The van der Waals surface area contributed by atoms with E-state index in [1.807, 2.05) is 0 Å². The number of sulfone groups is 2. The Hall–Kier alpha value is -0.700. The molecule has 0 aromatic carbocycles. The fourth-order valence-electron chi connectivity index (χ4n) is 1.28. The Bertz CT molecular complexity index is 618. The summed E-state index contributed by atoms with van der Waals surface area (Å²) in [6.45, 7) is 1.01. The van der Waals surface area contributed by atoms with Gasteiger partial charge in [-0.3, -0.25) is 0 Å². The maximum absolute atomic E-state index is 13.0. The van der Waals surface area contributed by atoms with Crippen molar-refractivity contribution in [3.63, 3.8) is 0 Å². The largest absolute Gasteiger partial charge is 0.498 e. The molecule has 0 aromatic rings. The van der Waals surface area contributed by atoms with E-state index < -0.39 is 60.1 Å². The number of halogens is 8. The molecule has 0 saturated heterocycles. The summed E-state index contributed by atoms with van der Waals surface area (Å²) >= 11 is 0. The molecule has 23 heavy (non-hydrogen) atoms. The highest BCUT2D eigenvalue weighted by molar-refractivity contribution is 8.10. The topological polar surface area (TPSA) is 88.5 Å². The van der Waals surface area contributed by atoms with Crippen molar-refractivity contribution in [3.8, 4) is 0 Å². The first-order valence-electron chi connectivity index (χ1n) is 5.50. The third-order valence-corrected chi connectivity index (χ3v) is 7.52. The van der Waals surface area contributed by atoms with E-state index in [-0.39, 0.29) is 0 Å². The van der Waals surface area contributed by atoms with E-state index in [2.05, 4.69) is 0 Å². The molecule has 0 spiro atoms. The molecule has 0 amide bonds. The van der Waals surface area contributed by atoms with Gasteiger partial charge in [-0.2, -0.15) is 35.1 Å². The molecule has 0 rings (SSSR count). The van der Waals surface area contributed by atoms with Crippen LogP contribution >= 0.6 is 0 Å². The first kappa shape index (κ1) is 22.3. The molecule has 0 aliphatic heterocycles. The smallest absolute Gasteiger partial charge is 0.393 e. The lowest BCUT2D eigenvalue weighted by molar-refractivity contribution is -0.241. The molecule has 2 atom stereocenters. The Labute approximate surface area is 125 Å². The Morgan fingerprint density at radius 1 is 0.870 bits per heavy atom. The van der Waals surface area contributed by atoms with Gasteiger partial charge in [0.2, 0.25) is 9.84 Å². The molecule has 140 valence electrons. The Kier molecular flexibility index (Phi) is 6.12. The standard InChI is InChI=1S/C8H10F8O5S2/c1-2-4(17)3-5(23(20,21)8(14,15)16)22(18,19)7(12,13)6(9,10)11/h4-5,17H,2-3H2,1H3. The van der Waals surface area contributed by atoms with Gasteiger partial charge in [0.1, 0.15) is 0 Å². The van der Waals surface area contributed by atoms with E-state index in [1.165, 1.54) is 0 Å². The molecule has 15 heteroatoms. The van der Waals surface area contributed by atoms with Crippen molar-refractivity contribution >= 4 is 19.7 Å². The SMILES string of the molecule is CCC(O)CC(S(=O)(=O)C(F)(F)F)S(=O)(=O)C(F)(F)C(F)(F)F. The lowest BCUT2D eigenvalue weighted by Gasteiger charge is -2.27. The summed E-state index contributed by atoms with van der Waals surface area (Å²) < 4.78 is 140. The van der Waals surface area contributed by atoms with Crippen LogP contribution in [0.25, 0.3) is 0 Å². The number of hydrogen-bond acceptors (Lipinski definition) is 5. The molecule has 0 bridgehead atoms. The molecule has 0 heterocycles. The van der Waals surface area contributed by atoms with Gasteiger partial charge in [-0.15, -0.1) is 0 Å². The molecule has 0 radical (unpaired) electrons. The molecule has 0 saturated carbocycles. The number of hydrogen-bond donors (Lipinski definition) is 1. The summed E-state index contributed by atoms with van der Waals surface area (Å²) in [5.41, 5.74) is -6.42. The Morgan fingerprint density at radius 2 is 1.26 bits per heavy atom. The predicted octanol–water partition coefficient (Wildman–Crippen LogP) is 1.98. The third-order valence-electron chi connectivity index (χ3n) is 2.64. The van der Waals surface area contributed by atoms with Crippen LogP contribution in [0.4, 0.5) is 35.1 Å². The summed E-state index contributed by atoms with van der Waals surface area (Å²) in [7, 11) is -14.2. The van der Waals surface area contributed by atoms with Gasteiger partial charge in [-0.1, -0.05) is 6.92 Å². The molecule has 5 nitrogen and oxygen atoms in total. The monoisotopic (exact) mass is 402 g/mol. The Balaban J connectivity index is 6.41. The average molecular weight is 402 g/mol. The zero-order valence-corrected chi connectivity index (χ0v) is 12.6. The normalized spacial score (nSPS) is 17.8. The second-order valence-corrected chi connectivity index (χ2v) is 8.87. The fourth-order valence-corrected chi connectivity index (χ4v) is 5.21. The number of aliphatic hydroxyl groups is 1. The number of aliphatic hydroxyl groups excluding tert-OH is 1. The van der Waals surface area contributed by atoms with Crippen molar-refractivity contribution in [1.82, 2.24) is 0 Å². The highest BCUT2D eigenvalue weighted by Gasteiger charge is 2.72. The van der Waals surface area contributed by atoms with E-state index in [9.17, 15) is 52.0 Å². The molecule has 2 unspecified atom stereocenters. The van der Waals surface area contributed by atoms with Crippen LogP contribution in [0.2, 0.25) is 0 Å². The van der Waals surface area contributed by atoms with Gasteiger partial charge in [-0.05, 0) is 6.42 Å². The summed E-state index contributed by atoms with van der Waals surface area (Å²) in [5, 5.41) is 2.31. The molecule has 0 aromatic heterocycles. The van der Waals surface area contributed by atoms with Gasteiger partial charge < -0.3 is 5.11 Å². The van der Waals surface area contributed by atoms with E-state index in [0.29, 0.717) is 0 Å². The van der Waals surface area contributed by atoms with Crippen molar-refractivity contribution < 1.29 is 57.1 Å². The summed E-state index contributed by atoms with van der Waals surface area (Å²) in [6.07, 6.45) is -11.6. The van der Waals surface area contributed by atoms with Crippen LogP contribution in [0.3, 0.4) is 0 Å². The van der Waals surface area contributed by atoms with E-state index in [0.717, 1.165) is 6.92 Å². The fraction of sp³-hybridized carbons (Fsp3) is 1.00. The van der Waals surface area contributed by atoms with Gasteiger partial charge in [0.25, 0.3) is 9.84 Å². The maximum atomic E-state index is 13.0. The zero-order valence-electron chi connectivity index (χ0n) is 11.0. The van der Waals surface area contributed by atoms with Crippen molar-refractivity contribution in [2.45, 2.75) is 47.4 Å². The van der Waals surface area contributed by atoms with Gasteiger partial charge in [0, 0.05) is 6.42 Å². The number of alkyl halides is 8. The molecule has 1 N–H and O–H groups in total. The highest BCUT2D eigenvalue weighted by atomic mass is 32.3. The van der Waals surface area contributed by atoms with Crippen molar-refractivity contribution in [1.29, 1.82) is 0 Å². The second kappa shape index (κ2) is 6.31. The molecule has 0 aliphatic rings. The Morgan fingerprint density at radius 3 is 1.52 bits per heavy atom. The minimum Gasteiger partial charge on any atom is -0.393 e. The van der Waals surface area contributed by atoms with E-state index >= 15 is 0 Å². The van der Waals surface area contributed by atoms with Crippen LogP contribution in [0.15, 0.2) is 0 Å². The van der Waals surface area contributed by atoms with Gasteiger partial charge >= 0.3 is 16.9 Å². The molecule has 0 fully saturated rings. The zero-order chi connectivity index (χ0) is 19.1. The minimum atomic E-state index is -7.23. The third kappa shape index (κ3) is 4.04. The van der Waals surface area contributed by atoms with Crippen LogP contribution in [0, 0.1) is 0 Å². The van der Waals surface area contributed by atoms with Crippen LogP contribution in [0.5, 0.6) is 0 Å². The van der Waals surface area contributed by atoms with Gasteiger partial charge in [-0.25, -0.2) is 16.8 Å². The lowest BCUT2D eigenvalue weighted by atomic mass is 10.2. The first-order chi connectivity index (χ1) is 9.84. The minimum absolute atomic E-state index is 0.586.